The molecular weight excluding hydrogens is 288 g/mol. The number of hydrogen-bond acceptors (Lipinski definition) is 4. The molecule has 0 fully saturated rings. The second-order valence-corrected chi connectivity index (χ2v) is 8.44. The molecule has 2 aromatic heterocycles. The van der Waals surface area contributed by atoms with Crippen LogP contribution in [0.2, 0.25) is 0 Å². The summed E-state index contributed by atoms with van der Waals surface area (Å²) >= 11 is 3.21. The number of hydrogen-bond donors (Lipinski definition) is 1. The number of H-pyrrole nitrogens is 1. The van der Waals surface area contributed by atoms with Crippen molar-refractivity contribution < 1.29 is 0 Å². The minimum absolute atomic E-state index is 0.0334. The van der Waals surface area contributed by atoms with E-state index < -0.39 is 0 Å². The van der Waals surface area contributed by atoms with Gasteiger partial charge in [0.15, 0.2) is 5.16 Å². The Morgan fingerprint density at radius 2 is 2.15 bits per heavy atom. The maximum atomic E-state index is 12.3. The summed E-state index contributed by atoms with van der Waals surface area (Å²) in [7, 11) is 0. The third kappa shape index (κ3) is 2.31. The third-order valence-corrected chi connectivity index (χ3v) is 6.04. The second-order valence-electron chi connectivity index (χ2n) is 6.56. The summed E-state index contributed by atoms with van der Waals surface area (Å²) in [4.78, 5) is 22.0. The van der Waals surface area contributed by atoms with Crippen LogP contribution in [0.25, 0.3) is 10.2 Å². The fourth-order valence-corrected chi connectivity index (χ4v) is 4.74. The summed E-state index contributed by atoms with van der Waals surface area (Å²) in [5, 5.41) is 1.56. The van der Waals surface area contributed by atoms with Crippen LogP contribution in [0.5, 0.6) is 0 Å². The van der Waals surface area contributed by atoms with Crippen molar-refractivity contribution in [1.29, 1.82) is 0 Å². The van der Waals surface area contributed by atoms with Crippen LogP contribution in [0.4, 0.5) is 0 Å². The van der Waals surface area contributed by atoms with Gasteiger partial charge in [-0.3, -0.25) is 4.79 Å². The summed E-state index contributed by atoms with van der Waals surface area (Å²) in [5.41, 5.74) is 1.62. The predicted molar refractivity (Wildman–Crippen MR) is 87.0 cm³/mol. The average molecular weight is 308 g/mol. The average Bonchev–Trinajstić information content (AvgIpc) is 2.74. The van der Waals surface area contributed by atoms with E-state index in [0.29, 0.717) is 16.5 Å². The van der Waals surface area contributed by atoms with E-state index in [1.807, 2.05) is 6.26 Å². The number of aromatic amines is 1. The lowest BCUT2D eigenvalue weighted by Crippen LogP contribution is -2.26. The van der Waals surface area contributed by atoms with Gasteiger partial charge in [-0.15, -0.1) is 11.3 Å². The molecule has 0 bridgehead atoms. The standard InChI is InChI=1S/C15H20N2OS2/c1-15(2,3)8-5-6-9-10(7-8)20-13-11(9)12(18)16-14(17-13)19-4/h8H,5-7H2,1-4H3,(H,16,17,18). The molecule has 0 aliphatic heterocycles. The van der Waals surface area contributed by atoms with Gasteiger partial charge < -0.3 is 4.98 Å². The lowest BCUT2D eigenvalue weighted by molar-refractivity contribution is 0.218. The predicted octanol–water partition coefficient (Wildman–Crippen LogP) is 3.86. The second kappa shape index (κ2) is 4.88. The quantitative estimate of drug-likeness (QED) is 0.643. The fourth-order valence-electron chi connectivity index (χ4n) is 3.00. The molecule has 1 aliphatic carbocycles. The van der Waals surface area contributed by atoms with Gasteiger partial charge in [0, 0.05) is 4.88 Å². The van der Waals surface area contributed by atoms with Gasteiger partial charge in [0.2, 0.25) is 0 Å². The molecule has 3 nitrogen and oxygen atoms in total. The van der Waals surface area contributed by atoms with Gasteiger partial charge in [0.25, 0.3) is 5.56 Å². The zero-order valence-electron chi connectivity index (χ0n) is 12.4. The molecule has 20 heavy (non-hydrogen) atoms. The van der Waals surface area contributed by atoms with Crippen LogP contribution in [0.3, 0.4) is 0 Å². The van der Waals surface area contributed by atoms with E-state index in [1.165, 1.54) is 28.6 Å². The molecule has 108 valence electrons. The van der Waals surface area contributed by atoms with Crippen molar-refractivity contribution in [2.45, 2.75) is 45.2 Å². The maximum Gasteiger partial charge on any atom is 0.260 e. The Bertz CT molecular complexity index is 709. The number of thioether (sulfide) groups is 1. The number of fused-ring (bicyclic) bond motifs is 3. The minimum Gasteiger partial charge on any atom is -0.301 e. The highest BCUT2D eigenvalue weighted by Crippen LogP contribution is 2.42. The Labute approximate surface area is 127 Å². The zero-order valence-corrected chi connectivity index (χ0v) is 14.0. The number of thiophene rings is 1. The van der Waals surface area contributed by atoms with Gasteiger partial charge >= 0.3 is 0 Å². The number of aryl methyl sites for hydroxylation is 1. The SMILES string of the molecule is CSc1nc2sc3c(c2c(=O)[nH]1)CCC(C(C)(C)C)C3. The largest absolute Gasteiger partial charge is 0.301 e. The molecule has 1 unspecified atom stereocenters. The number of nitrogens with zero attached hydrogens (tertiary/aromatic N) is 1. The van der Waals surface area contributed by atoms with Gasteiger partial charge in [0.05, 0.1) is 5.39 Å². The maximum absolute atomic E-state index is 12.3. The molecule has 0 radical (unpaired) electrons. The molecule has 0 spiro atoms. The molecule has 0 aromatic carbocycles. The number of rotatable bonds is 1. The topological polar surface area (TPSA) is 45.8 Å². The first-order valence-electron chi connectivity index (χ1n) is 6.98. The van der Waals surface area contributed by atoms with Crippen molar-refractivity contribution in [3.05, 3.63) is 20.8 Å². The van der Waals surface area contributed by atoms with Crippen LogP contribution in [0, 0.1) is 11.3 Å². The third-order valence-electron chi connectivity index (χ3n) is 4.32. The summed E-state index contributed by atoms with van der Waals surface area (Å²) in [6.45, 7) is 6.94. The Hall–Kier alpha value is -0.810. The fraction of sp³-hybridized carbons (Fsp3) is 0.600. The van der Waals surface area contributed by atoms with Gasteiger partial charge in [-0.05, 0) is 42.4 Å². The van der Waals surface area contributed by atoms with Crippen LogP contribution in [0.15, 0.2) is 9.95 Å². The summed E-state index contributed by atoms with van der Waals surface area (Å²) in [5.74, 6) is 0.696. The molecule has 0 amide bonds. The van der Waals surface area contributed by atoms with Crippen LogP contribution in [0.1, 0.15) is 37.6 Å². The van der Waals surface area contributed by atoms with E-state index >= 15 is 0 Å². The highest BCUT2D eigenvalue weighted by atomic mass is 32.2. The lowest BCUT2D eigenvalue weighted by atomic mass is 9.72. The van der Waals surface area contributed by atoms with E-state index in [-0.39, 0.29) is 5.56 Å². The van der Waals surface area contributed by atoms with E-state index in [1.54, 1.807) is 11.3 Å². The van der Waals surface area contributed by atoms with Crippen LogP contribution >= 0.6 is 23.1 Å². The molecule has 1 aliphatic rings. The van der Waals surface area contributed by atoms with Crippen LogP contribution in [-0.2, 0) is 12.8 Å². The van der Waals surface area contributed by atoms with Gasteiger partial charge in [-0.1, -0.05) is 32.5 Å². The van der Waals surface area contributed by atoms with Crippen molar-refractivity contribution in [3.8, 4) is 0 Å². The highest BCUT2D eigenvalue weighted by Gasteiger charge is 2.31. The molecule has 1 N–H and O–H groups in total. The Morgan fingerprint density at radius 1 is 1.40 bits per heavy atom. The molecule has 0 saturated carbocycles. The molecule has 2 heterocycles. The first-order chi connectivity index (χ1) is 9.40. The Balaban J connectivity index is 2.11. The Morgan fingerprint density at radius 3 is 2.80 bits per heavy atom. The van der Waals surface area contributed by atoms with Crippen molar-refractivity contribution in [1.82, 2.24) is 9.97 Å². The smallest absolute Gasteiger partial charge is 0.260 e. The van der Waals surface area contributed by atoms with Crippen molar-refractivity contribution in [2.75, 3.05) is 6.26 Å². The van der Waals surface area contributed by atoms with Gasteiger partial charge in [-0.25, -0.2) is 4.98 Å². The van der Waals surface area contributed by atoms with Crippen molar-refractivity contribution in [2.24, 2.45) is 11.3 Å². The zero-order chi connectivity index (χ0) is 14.5. The monoisotopic (exact) mass is 308 g/mol. The molecule has 0 saturated heterocycles. The van der Waals surface area contributed by atoms with Gasteiger partial charge in [-0.2, -0.15) is 0 Å². The van der Waals surface area contributed by atoms with E-state index in [9.17, 15) is 4.79 Å². The molecule has 5 heteroatoms. The first kappa shape index (κ1) is 14.1. The normalized spacial score (nSPS) is 19.3. The Kier molecular flexibility index (Phi) is 3.45. The summed E-state index contributed by atoms with van der Waals surface area (Å²) in [6, 6.07) is 0. The van der Waals surface area contributed by atoms with Crippen LogP contribution in [-0.4, -0.2) is 16.2 Å². The first-order valence-corrected chi connectivity index (χ1v) is 9.03. The minimum atomic E-state index is 0.0334. The lowest BCUT2D eigenvalue weighted by Gasteiger charge is -2.33. The molecule has 1 atom stereocenters. The van der Waals surface area contributed by atoms with E-state index in [0.717, 1.165) is 23.1 Å². The molecule has 3 rings (SSSR count). The number of aromatic nitrogens is 2. The van der Waals surface area contributed by atoms with Crippen LogP contribution < -0.4 is 5.56 Å². The summed E-state index contributed by atoms with van der Waals surface area (Å²) < 4.78 is 0. The molecule has 2 aromatic rings. The van der Waals surface area contributed by atoms with Crippen molar-refractivity contribution in [3.63, 3.8) is 0 Å². The summed E-state index contributed by atoms with van der Waals surface area (Å²) in [6.07, 6.45) is 5.22. The highest BCUT2D eigenvalue weighted by molar-refractivity contribution is 7.98. The molecular formula is C15H20N2OS2. The van der Waals surface area contributed by atoms with E-state index in [4.69, 9.17) is 0 Å². The van der Waals surface area contributed by atoms with Gasteiger partial charge in [0.1, 0.15) is 4.83 Å². The van der Waals surface area contributed by atoms with Crippen molar-refractivity contribution >= 4 is 33.3 Å². The van der Waals surface area contributed by atoms with E-state index in [2.05, 4.69) is 30.7 Å². The number of nitrogens with one attached hydrogen (secondary N) is 1.